The molecule has 0 saturated heterocycles. The van der Waals surface area contributed by atoms with Gasteiger partial charge in [0, 0.05) is 11.5 Å². The zero-order valence-electron chi connectivity index (χ0n) is 12.7. The predicted molar refractivity (Wildman–Crippen MR) is 82.3 cm³/mol. The monoisotopic (exact) mass is 290 g/mol. The van der Waals surface area contributed by atoms with Gasteiger partial charge in [0.15, 0.2) is 0 Å². The number of hydrogen-bond donors (Lipinski definition) is 2. The van der Waals surface area contributed by atoms with Crippen molar-refractivity contribution in [1.29, 1.82) is 0 Å². The number of benzene rings is 1. The van der Waals surface area contributed by atoms with E-state index in [9.17, 15) is 0 Å². The summed E-state index contributed by atoms with van der Waals surface area (Å²) < 4.78 is 10.5. The second-order valence-corrected chi connectivity index (χ2v) is 4.91. The number of nitrogen functional groups attached to an aromatic ring is 1. The second-order valence-electron chi connectivity index (χ2n) is 4.91. The third-order valence-electron chi connectivity index (χ3n) is 3.51. The molecule has 0 aliphatic heterocycles. The highest BCUT2D eigenvalue weighted by atomic mass is 16.5. The van der Waals surface area contributed by atoms with E-state index in [4.69, 9.17) is 15.0 Å². The summed E-state index contributed by atoms with van der Waals surface area (Å²) in [5.74, 6) is 2.15. The Kier molecular flexibility index (Phi) is 5.16. The van der Waals surface area contributed by atoms with E-state index in [0.717, 1.165) is 24.9 Å². The van der Waals surface area contributed by atoms with Crippen LogP contribution >= 0.6 is 0 Å². The zero-order chi connectivity index (χ0) is 15.2. The highest BCUT2D eigenvalue weighted by molar-refractivity contribution is 5.65. The van der Waals surface area contributed by atoms with Gasteiger partial charge in [0.25, 0.3) is 0 Å². The van der Waals surface area contributed by atoms with Crippen LogP contribution in [-0.2, 0) is 0 Å². The van der Waals surface area contributed by atoms with E-state index < -0.39 is 0 Å². The maximum absolute atomic E-state index is 5.91. The van der Waals surface area contributed by atoms with Gasteiger partial charge in [0.05, 0.1) is 12.8 Å². The molecule has 1 heterocycles. The summed E-state index contributed by atoms with van der Waals surface area (Å²) in [6.45, 7) is 3.04. The third kappa shape index (κ3) is 3.52. The molecule has 0 bridgehead atoms. The molecule has 0 spiro atoms. The molecule has 1 unspecified atom stereocenters. The Balaban J connectivity index is 2.20. The SMILES string of the molecule is CCC(CCNC)c1nc(-c2ccc(OC)c(N)c2)no1. The van der Waals surface area contributed by atoms with Gasteiger partial charge in [0.2, 0.25) is 11.7 Å². The Morgan fingerprint density at radius 1 is 1.43 bits per heavy atom. The van der Waals surface area contributed by atoms with Crippen LogP contribution in [0, 0.1) is 0 Å². The number of nitrogens with zero attached hydrogens (tertiary/aromatic N) is 2. The molecule has 1 aromatic carbocycles. The molecule has 0 aliphatic rings. The first-order valence-electron chi connectivity index (χ1n) is 7.11. The summed E-state index contributed by atoms with van der Waals surface area (Å²) >= 11 is 0. The van der Waals surface area contributed by atoms with Crippen LogP contribution in [0.2, 0.25) is 0 Å². The summed E-state index contributed by atoms with van der Waals surface area (Å²) in [7, 11) is 3.53. The lowest BCUT2D eigenvalue weighted by molar-refractivity contribution is 0.342. The second kappa shape index (κ2) is 7.08. The molecule has 6 heteroatoms. The largest absolute Gasteiger partial charge is 0.495 e. The number of anilines is 1. The van der Waals surface area contributed by atoms with E-state index in [-0.39, 0.29) is 5.92 Å². The fourth-order valence-corrected chi connectivity index (χ4v) is 2.21. The minimum absolute atomic E-state index is 0.272. The molecule has 0 fully saturated rings. The minimum Gasteiger partial charge on any atom is -0.495 e. The maximum Gasteiger partial charge on any atom is 0.230 e. The van der Waals surface area contributed by atoms with Crippen LogP contribution in [0.5, 0.6) is 5.75 Å². The Bertz CT molecular complexity index is 583. The van der Waals surface area contributed by atoms with Crippen molar-refractivity contribution in [3.8, 4) is 17.1 Å². The van der Waals surface area contributed by atoms with Gasteiger partial charge >= 0.3 is 0 Å². The van der Waals surface area contributed by atoms with E-state index in [1.54, 1.807) is 19.2 Å². The molecule has 3 N–H and O–H groups in total. The molecule has 6 nitrogen and oxygen atoms in total. The Morgan fingerprint density at radius 3 is 2.86 bits per heavy atom. The molecular formula is C15H22N4O2. The van der Waals surface area contributed by atoms with Gasteiger partial charge in [-0.15, -0.1) is 0 Å². The molecule has 114 valence electrons. The molecule has 2 rings (SSSR count). The fourth-order valence-electron chi connectivity index (χ4n) is 2.21. The zero-order valence-corrected chi connectivity index (χ0v) is 12.7. The van der Waals surface area contributed by atoms with Crippen molar-refractivity contribution in [3.63, 3.8) is 0 Å². The van der Waals surface area contributed by atoms with Crippen molar-refractivity contribution in [2.24, 2.45) is 0 Å². The van der Waals surface area contributed by atoms with Crippen molar-refractivity contribution in [3.05, 3.63) is 24.1 Å². The lowest BCUT2D eigenvalue weighted by atomic mass is 10.0. The number of rotatable bonds is 7. The van der Waals surface area contributed by atoms with Gasteiger partial charge in [-0.2, -0.15) is 4.98 Å². The molecule has 2 aromatic rings. The molecule has 21 heavy (non-hydrogen) atoms. The maximum atomic E-state index is 5.91. The molecule has 0 aliphatic carbocycles. The first-order valence-corrected chi connectivity index (χ1v) is 7.11. The highest BCUT2D eigenvalue weighted by Crippen LogP contribution is 2.28. The van der Waals surface area contributed by atoms with Crippen LogP contribution in [0.15, 0.2) is 22.7 Å². The molecule has 0 radical (unpaired) electrons. The van der Waals surface area contributed by atoms with E-state index in [1.807, 2.05) is 13.1 Å². The first kappa shape index (κ1) is 15.3. The van der Waals surface area contributed by atoms with Gasteiger partial charge in [-0.05, 0) is 44.6 Å². The van der Waals surface area contributed by atoms with Gasteiger partial charge in [-0.3, -0.25) is 0 Å². The van der Waals surface area contributed by atoms with Gasteiger partial charge in [-0.25, -0.2) is 0 Å². The summed E-state index contributed by atoms with van der Waals surface area (Å²) in [5.41, 5.74) is 7.29. The van der Waals surface area contributed by atoms with Crippen LogP contribution in [0.4, 0.5) is 5.69 Å². The van der Waals surface area contributed by atoms with Crippen molar-refractivity contribution in [2.75, 3.05) is 26.4 Å². The average Bonchev–Trinajstić information content (AvgIpc) is 2.98. The number of aromatic nitrogens is 2. The number of nitrogens with one attached hydrogen (secondary N) is 1. The fraction of sp³-hybridized carbons (Fsp3) is 0.467. The minimum atomic E-state index is 0.272. The third-order valence-corrected chi connectivity index (χ3v) is 3.51. The molecule has 0 amide bonds. The van der Waals surface area contributed by atoms with Crippen molar-refractivity contribution in [2.45, 2.75) is 25.7 Å². The topological polar surface area (TPSA) is 86.2 Å². The standard InChI is InChI=1S/C15H22N4O2/c1-4-10(7-8-17-2)15-18-14(19-21-15)11-5-6-13(20-3)12(16)9-11/h5-6,9-10,17H,4,7-8,16H2,1-3H3. The Morgan fingerprint density at radius 2 is 2.24 bits per heavy atom. The van der Waals surface area contributed by atoms with E-state index >= 15 is 0 Å². The van der Waals surface area contributed by atoms with Gasteiger partial charge < -0.3 is 20.3 Å². The van der Waals surface area contributed by atoms with Crippen LogP contribution < -0.4 is 15.8 Å². The highest BCUT2D eigenvalue weighted by Gasteiger charge is 2.18. The quantitative estimate of drug-likeness (QED) is 0.762. The van der Waals surface area contributed by atoms with Crippen molar-refractivity contribution < 1.29 is 9.26 Å². The summed E-state index contributed by atoms with van der Waals surface area (Å²) in [4.78, 5) is 4.50. The van der Waals surface area contributed by atoms with Gasteiger partial charge in [-0.1, -0.05) is 12.1 Å². The summed E-state index contributed by atoms with van der Waals surface area (Å²) in [6.07, 6.45) is 1.94. The normalized spacial score (nSPS) is 12.3. The average molecular weight is 290 g/mol. The summed E-state index contributed by atoms with van der Waals surface area (Å²) in [5, 5.41) is 7.20. The molecular weight excluding hydrogens is 268 g/mol. The lowest BCUT2D eigenvalue weighted by Gasteiger charge is -2.08. The van der Waals surface area contributed by atoms with Crippen LogP contribution in [0.25, 0.3) is 11.4 Å². The molecule has 0 saturated carbocycles. The number of methoxy groups -OCH3 is 1. The molecule has 1 aromatic heterocycles. The van der Waals surface area contributed by atoms with Crippen LogP contribution in [-0.4, -0.2) is 30.8 Å². The van der Waals surface area contributed by atoms with E-state index in [1.165, 1.54) is 0 Å². The van der Waals surface area contributed by atoms with E-state index in [0.29, 0.717) is 23.2 Å². The predicted octanol–water partition coefficient (Wildman–Crippen LogP) is 2.43. The summed E-state index contributed by atoms with van der Waals surface area (Å²) in [6, 6.07) is 5.47. The number of nitrogens with two attached hydrogens (primary N) is 1. The van der Waals surface area contributed by atoms with Crippen molar-refractivity contribution >= 4 is 5.69 Å². The van der Waals surface area contributed by atoms with Crippen LogP contribution in [0.1, 0.15) is 31.6 Å². The number of ether oxygens (including phenoxy) is 1. The Hall–Kier alpha value is -2.08. The molecule has 1 atom stereocenters. The van der Waals surface area contributed by atoms with Crippen LogP contribution in [0.3, 0.4) is 0 Å². The lowest BCUT2D eigenvalue weighted by Crippen LogP contribution is -2.12. The van der Waals surface area contributed by atoms with Crippen molar-refractivity contribution in [1.82, 2.24) is 15.5 Å². The van der Waals surface area contributed by atoms with E-state index in [2.05, 4.69) is 22.4 Å². The Labute approximate surface area is 124 Å². The first-order chi connectivity index (χ1) is 10.2. The smallest absolute Gasteiger partial charge is 0.230 e. The van der Waals surface area contributed by atoms with Gasteiger partial charge in [0.1, 0.15) is 5.75 Å². The number of hydrogen-bond acceptors (Lipinski definition) is 6.